The van der Waals surface area contributed by atoms with E-state index in [1.54, 1.807) is 23.6 Å². The zero-order valence-corrected chi connectivity index (χ0v) is 22.5. The van der Waals surface area contributed by atoms with E-state index in [-0.39, 0.29) is 5.91 Å². The van der Waals surface area contributed by atoms with E-state index in [1.807, 2.05) is 64.1 Å². The van der Waals surface area contributed by atoms with Gasteiger partial charge in [0.1, 0.15) is 6.04 Å². The first-order chi connectivity index (χ1) is 17.4. The molecule has 2 aromatic carbocycles. The lowest BCUT2D eigenvalue weighted by molar-refractivity contribution is -0.113. The monoisotopic (exact) mass is 507 g/mol. The average molecular weight is 508 g/mol. The second-order valence-electron chi connectivity index (χ2n) is 8.62. The van der Waals surface area contributed by atoms with Crippen LogP contribution in [0.2, 0.25) is 0 Å². The fourth-order valence-electron chi connectivity index (χ4n) is 4.20. The van der Waals surface area contributed by atoms with Crippen LogP contribution < -0.4 is 20.1 Å². The Morgan fingerprint density at radius 3 is 2.69 bits per heavy atom. The average Bonchev–Trinajstić information content (AvgIpc) is 3.27. The van der Waals surface area contributed by atoms with Gasteiger partial charge in [-0.05, 0) is 69.0 Å². The maximum Gasteiger partial charge on any atom is 0.255 e. The number of nitrogens with zero attached hydrogens (tertiary/aromatic N) is 3. The van der Waals surface area contributed by atoms with Gasteiger partial charge in [-0.1, -0.05) is 36.9 Å². The van der Waals surface area contributed by atoms with Gasteiger partial charge in [-0.25, -0.2) is 4.68 Å². The number of ether oxygens (including phenoxy) is 2. The quantitative estimate of drug-likeness (QED) is 0.357. The molecule has 3 aromatic rings. The van der Waals surface area contributed by atoms with Crippen molar-refractivity contribution in [3.05, 3.63) is 64.4 Å². The fourth-order valence-corrected chi connectivity index (χ4v) is 4.88. The van der Waals surface area contributed by atoms with E-state index in [4.69, 9.17) is 19.6 Å². The lowest BCUT2D eigenvalue weighted by Crippen LogP contribution is -2.31. The Hall–Kier alpha value is -3.46. The van der Waals surface area contributed by atoms with Gasteiger partial charge in [0.05, 0.1) is 19.3 Å². The molecule has 36 heavy (non-hydrogen) atoms. The van der Waals surface area contributed by atoms with Crippen molar-refractivity contribution in [3.63, 3.8) is 0 Å². The topological polar surface area (TPSA) is 90.3 Å². The minimum Gasteiger partial charge on any atom is -0.493 e. The van der Waals surface area contributed by atoms with Crippen molar-refractivity contribution in [2.75, 3.05) is 30.1 Å². The molecule has 0 aliphatic carbocycles. The molecular formula is C27H33N5O3S. The van der Waals surface area contributed by atoms with Crippen molar-refractivity contribution in [1.82, 2.24) is 14.8 Å². The predicted molar refractivity (Wildman–Crippen MR) is 144 cm³/mol. The smallest absolute Gasteiger partial charge is 0.255 e. The summed E-state index contributed by atoms with van der Waals surface area (Å²) in [5.41, 5.74) is 5.07. The van der Waals surface area contributed by atoms with Gasteiger partial charge in [0, 0.05) is 17.1 Å². The van der Waals surface area contributed by atoms with Gasteiger partial charge < -0.3 is 20.1 Å². The number of benzene rings is 2. The number of amides is 1. The van der Waals surface area contributed by atoms with Crippen LogP contribution in [-0.4, -0.2) is 40.1 Å². The second-order valence-corrected chi connectivity index (χ2v) is 9.68. The van der Waals surface area contributed by atoms with Crippen LogP contribution >= 0.6 is 11.8 Å². The summed E-state index contributed by atoms with van der Waals surface area (Å²) in [4.78, 5) is 18.5. The molecule has 1 aliphatic rings. The number of methoxy groups -OCH3 is 1. The van der Waals surface area contributed by atoms with Gasteiger partial charge >= 0.3 is 0 Å². The van der Waals surface area contributed by atoms with Gasteiger partial charge in [0.2, 0.25) is 11.1 Å². The Morgan fingerprint density at radius 2 is 1.97 bits per heavy atom. The van der Waals surface area contributed by atoms with E-state index in [2.05, 4.69) is 17.6 Å². The van der Waals surface area contributed by atoms with Crippen LogP contribution in [0.1, 0.15) is 49.9 Å². The molecule has 2 heterocycles. The van der Waals surface area contributed by atoms with Crippen LogP contribution in [0.25, 0.3) is 0 Å². The van der Waals surface area contributed by atoms with Gasteiger partial charge in [-0.2, -0.15) is 4.98 Å². The van der Waals surface area contributed by atoms with Crippen LogP contribution in [-0.2, 0) is 4.79 Å². The van der Waals surface area contributed by atoms with E-state index in [1.165, 1.54) is 0 Å². The Morgan fingerprint density at radius 1 is 1.17 bits per heavy atom. The van der Waals surface area contributed by atoms with Crippen LogP contribution in [0.5, 0.6) is 11.5 Å². The zero-order valence-electron chi connectivity index (χ0n) is 21.6. The number of aryl methyl sites for hydroxylation is 1. The third-order valence-electron chi connectivity index (χ3n) is 6.17. The first kappa shape index (κ1) is 25.6. The molecule has 1 atom stereocenters. The van der Waals surface area contributed by atoms with E-state index >= 15 is 0 Å². The standard InChI is InChI=1S/C27H33N5O3S/c1-7-14-36-27-30-26-28-18(5)23(25(33)29-20-11-9-10-16(3)17(20)4)24(32(26)31-27)19-12-13-21(34-6)22(15-19)35-8-2/h9-13,15,24H,7-8,14H2,1-6H3,(H,29,33)(H,28,30,31). The molecule has 2 N–H and O–H groups in total. The summed E-state index contributed by atoms with van der Waals surface area (Å²) >= 11 is 1.60. The number of carbonyl (C=O) groups is 1. The van der Waals surface area contributed by atoms with Crippen molar-refractivity contribution in [2.45, 2.75) is 52.2 Å². The van der Waals surface area contributed by atoms with Gasteiger partial charge in [-0.3, -0.25) is 4.79 Å². The van der Waals surface area contributed by atoms with E-state index in [9.17, 15) is 4.79 Å². The van der Waals surface area contributed by atoms with Crippen LogP contribution in [0.4, 0.5) is 11.6 Å². The molecule has 0 radical (unpaired) electrons. The summed E-state index contributed by atoms with van der Waals surface area (Å²) in [5, 5.41) is 11.9. The van der Waals surface area contributed by atoms with Crippen LogP contribution in [0, 0.1) is 13.8 Å². The molecule has 8 nitrogen and oxygen atoms in total. The Kier molecular flexibility index (Phi) is 7.88. The minimum atomic E-state index is -0.500. The summed E-state index contributed by atoms with van der Waals surface area (Å²) < 4.78 is 13.1. The minimum absolute atomic E-state index is 0.198. The number of aromatic nitrogens is 3. The third kappa shape index (κ3) is 5.06. The largest absolute Gasteiger partial charge is 0.493 e. The molecule has 190 valence electrons. The van der Waals surface area contributed by atoms with Gasteiger partial charge in [-0.15, -0.1) is 5.10 Å². The number of allylic oxidation sites excluding steroid dienone is 1. The Balaban J connectivity index is 1.81. The highest BCUT2D eigenvalue weighted by atomic mass is 32.2. The molecule has 1 aliphatic heterocycles. The maximum absolute atomic E-state index is 13.8. The molecule has 0 fully saturated rings. The highest BCUT2D eigenvalue weighted by Crippen LogP contribution is 2.40. The van der Waals surface area contributed by atoms with Crippen molar-refractivity contribution < 1.29 is 14.3 Å². The number of rotatable bonds is 9. The summed E-state index contributed by atoms with van der Waals surface area (Å²) in [7, 11) is 1.61. The molecule has 9 heteroatoms. The van der Waals surface area contributed by atoms with Crippen molar-refractivity contribution in [1.29, 1.82) is 0 Å². The molecule has 0 saturated heterocycles. The highest BCUT2D eigenvalue weighted by molar-refractivity contribution is 7.99. The molecular weight excluding hydrogens is 474 g/mol. The Labute approximate surface area is 216 Å². The molecule has 0 saturated carbocycles. The SMILES string of the molecule is CCCSc1nc2n(n1)C(c1ccc(OC)c(OCC)c1)C(C(=O)Nc1cccc(C)c1C)=C(C)N2. The number of nitrogens with one attached hydrogen (secondary N) is 2. The number of thioether (sulfide) groups is 1. The number of fused-ring (bicyclic) bond motifs is 1. The molecule has 1 aromatic heterocycles. The lowest BCUT2D eigenvalue weighted by atomic mass is 9.94. The normalized spacial score (nSPS) is 14.8. The fraction of sp³-hybridized carbons (Fsp3) is 0.370. The molecule has 1 unspecified atom stereocenters. The first-order valence-corrected chi connectivity index (χ1v) is 13.1. The van der Waals surface area contributed by atoms with Crippen LogP contribution in [0.3, 0.4) is 0 Å². The number of anilines is 2. The number of carbonyl (C=O) groups excluding carboxylic acids is 1. The molecule has 4 rings (SSSR count). The summed E-state index contributed by atoms with van der Waals surface area (Å²) in [6.07, 6.45) is 1.02. The van der Waals surface area contributed by atoms with Crippen LogP contribution in [0.15, 0.2) is 52.8 Å². The third-order valence-corrected chi connectivity index (χ3v) is 7.21. The highest BCUT2D eigenvalue weighted by Gasteiger charge is 2.35. The van der Waals surface area contributed by atoms with E-state index < -0.39 is 6.04 Å². The predicted octanol–water partition coefficient (Wildman–Crippen LogP) is 5.73. The maximum atomic E-state index is 13.8. The van der Waals surface area contributed by atoms with E-state index in [0.29, 0.717) is 34.8 Å². The van der Waals surface area contributed by atoms with Gasteiger partial charge in [0.25, 0.3) is 5.91 Å². The van der Waals surface area contributed by atoms with Crippen molar-refractivity contribution in [3.8, 4) is 11.5 Å². The first-order valence-electron chi connectivity index (χ1n) is 12.1. The zero-order chi connectivity index (χ0) is 25.8. The molecule has 1 amide bonds. The number of hydrogen-bond donors (Lipinski definition) is 2. The lowest BCUT2D eigenvalue weighted by Gasteiger charge is -2.29. The number of hydrogen-bond acceptors (Lipinski definition) is 7. The van der Waals surface area contributed by atoms with Gasteiger partial charge in [0.15, 0.2) is 11.5 Å². The summed E-state index contributed by atoms with van der Waals surface area (Å²) in [6.45, 7) is 10.5. The Bertz CT molecular complexity index is 1300. The molecule has 0 spiro atoms. The molecule has 0 bridgehead atoms. The summed E-state index contributed by atoms with van der Waals surface area (Å²) in [5.74, 6) is 2.57. The second kappa shape index (κ2) is 11.1. The van der Waals surface area contributed by atoms with Crippen molar-refractivity contribution in [2.24, 2.45) is 0 Å². The summed E-state index contributed by atoms with van der Waals surface area (Å²) in [6, 6.07) is 11.1. The van der Waals surface area contributed by atoms with E-state index in [0.717, 1.165) is 40.2 Å². The van der Waals surface area contributed by atoms with Crippen molar-refractivity contribution >= 4 is 29.3 Å².